The van der Waals surface area contributed by atoms with Crippen molar-refractivity contribution in [3.63, 3.8) is 0 Å². The molecular formula is C13H20ClN3O. The van der Waals surface area contributed by atoms with Crippen LogP contribution < -0.4 is 16.4 Å². The van der Waals surface area contributed by atoms with Crippen molar-refractivity contribution in [2.45, 2.75) is 25.8 Å². The van der Waals surface area contributed by atoms with Crippen LogP contribution in [0.1, 0.15) is 25.8 Å². The molecule has 0 spiro atoms. The highest BCUT2D eigenvalue weighted by molar-refractivity contribution is 6.30. The third-order valence-corrected chi connectivity index (χ3v) is 2.91. The molecule has 0 bridgehead atoms. The van der Waals surface area contributed by atoms with Crippen LogP contribution in [-0.4, -0.2) is 19.1 Å². The molecule has 1 aromatic rings. The van der Waals surface area contributed by atoms with Gasteiger partial charge in [0.25, 0.3) is 0 Å². The minimum absolute atomic E-state index is 0.191. The molecule has 18 heavy (non-hydrogen) atoms. The molecule has 100 valence electrons. The number of rotatable bonds is 5. The smallest absolute Gasteiger partial charge is 0.315 e. The van der Waals surface area contributed by atoms with Crippen LogP contribution in [0.25, 0.3) is 0 Å². The Balaban J connectivity index is 2.58. The molecule has 1 aromatic carbocycles. The molecule has 0 saturated carbocycles. The summed E-state index contributed by atoms with van der Waals surface area (Å²) in [7, 11) is 0. The molecule has 0 heterocycles. The summed E-state index contributed by atoms with van der Waals surface area (Å²) in [5.41, 5.74) is 5.92. The summed E-state index contributed by atoms with van der Waals surface area (Å²) in [5.74, 6) is 0. The Morgan fingerprint density at radius 3 is 2.50 bits per heavy atom. The van der Waals surface area contributed by atoms with Crippen LogP contribution >= 0.6 is 11.6 Å². The normalized spacial score (nSPS) is 11.1. The fraction of sp³-hybridized carbons (Fsp3) is 0.462. The first-order chi connectivity index (χ1) is 8.45. The molecular weight excluding hydrogens is 250 g/mol. The van der Waals surface area contributed by atoms with Crippen LogP contribution in [0.2, 0.25) is 5.02 Å². The van der Waals surface area contributed by atoms with Crippen molar-refractivity contribution in [1.29, 1.82) is 0 Å². The van der Waals surface area contributed by atoms with Crippen molar-refractivity contribution >= 4 is 17.6 Å². The molecule has 4 N–H and O–H groups in total. The molecule has 0 aromatic heterocycles. The van der Waals surface area contributed by atoms with E-state index in [4.69, 9.17) is 17.3 Å². The zero-order valence-electron chi connectivity index (χ0n) is 10.8. The lowest BCUT2D eigenvalue weighted by Gasteiger charge is -2.27. The quantitative estimate of drug-likeness (QED) is 0.718. The van der Waals surface area contributed by atoms with E-state index in [1.807, 2.05) is 38.1 Å². The van der Waals surface area contributed by atoms with Crippen molar-refractivity contribution in [2.75, 3.05) is 13.1 Å². The molecule has 0 atom stereocenters. The predicted molar refractivity (Wildman–Crippen MR) is 74.7 cm³/mol. The Morgan fingerprint density at radius 1 is 1.33 bits per heavy atom. The minimum Gasteiger partial charge on any atom is -0.338 e. The number of carbonyl (C=O) groups is 1. The van der Waals surface area contributed by atoms with E-state index in [0.717, 1.165) is 12.0 Å². The molecule has 0 radical (unpaired) electrons. The van der Waals surface area contributed by atoms with E-state index >= 15 is 0 Å². The van der Waals surface area contributed by atoms with Gasteiger partial charge in [-0.2, -0.15) is 0 Å². The van der Waals surface area contributed by atoms with E-state index in [9.17, 15) is 4.79 Å². The summed E-state index contributed by atoms with van der Waals surface area (Å²) in [6.45, 7) is 5.04. The SMILES string of the molecule is CC(C)(NC(=O)NCCCN)c1ccc(Cl)cc1. The van der Waals surface area contributed by atoms with Gasteiger partial charge in [-0.3, -0.25) is 0 Å². The van der Waals surface area contributed by atoms with E-state index in [0.29, 0.717) is 18.1 Å². The highest BCUT2D eigenvalue weighted by Gasteiger charge is 2.22. The number of nitrogens with two attached hydrogens (primary N) is 1. The van der Waals surface area contributed by atoms with Gasteiger partial charge in [-0.15, -0.1) is 0 Å². The van der Waals surface area contributed by atoms with E-state index < -0.39 is 5.54 Å². The first-order valence-corrected chi connectivity index (χ1v) is 6.35. The van der Waals surface area contributed by atoms with Crippen LogP contribution in [0.3, 0.4) is 0 Å². The summed E-state index contributed by atoms with van der Waals surface area (Å²) >= 11 is 5.84. The van der Waals surface area contributed by atoms with Gasteiger partial charge in [-0.1, -0.05) is 23.7 Å². The minimum atomic E-state index is -0.447. The predicted octanol–water partition coefficient (Wildman–Crippen LogP) is 2.22. The maximum atomic E-state index is 11.7. The number of halogens is 1. The molecule has 0 aliphatic rings. The first-order valence-electron chi connectivity index (χ1n) is 5.98. The molecule has 4 nitrogen and oxygen atoms in total. The van der Waals surface area contributed by atoms with E-state index in [1.54, 1.807) is 0 Å². The fourth-order valence-electron chi connectivity index (χ4n) is 1.57. The fourth-order valence-corrected chi connectivity index (χ4v) is 1.70. The molecule has 0 saturated heterocycles. The van der Waals surface area contributed by atoms with Crippen LogP contribution in [0, 0.1) is 0 Å². The van der Waals surface area contributed by atoms with Crippen LogP contribution in [0.4, 0.5) is 4.79 Å². The highest BCUT2D eigenvalue weighted by Crippen LogP contribution is 2.21. The largest absolute Gasteiger partial charge is 0.338 e. The van der Waals surface area contributed by atoms with Gasteiger partial charge < -0.3 is 16.4 Å². The maximum absolute atomic E-state index is 11.7. The monoisotopic (exact) mass is 269 g/mol. The topological polar surface area (TPSA) is 67.2 Å². The van der Waals surface area contributed by atoms with E-state index in [-0.39, 0.29) is 6.03 Å². The second kappa shape index (κ2) is 6.61. The van der Waals surface area contributed by atoms with Gasteiger partial charge in [-0.25, -0.2) is 4.79 Å². The Kier molecular flexibility index (Phi) is 5.44. The standard InChI is InChI=1S/C13H20ClN3O/c1-13(2,10-4-6-11(14)7-5-10)17-12(18)16-9-3-8-15/h4-7H,3,8-9,15H2,1-2H3,(H2,16,17,18). The van der Waals surface area contributed by atoms with Crippen molar-refractivity contribution in [2.24, 2.45) is 5.73 Å². The third kappa shape index (κ3) is 4.55. The average Bonchev–Trinajstić information content (AvgIpc) is 2.29. The first kappa shape index (κ1) is 14.8. The lowest BCUT2D eigenvalue weighted by Crippen LogP contribution is -2.46. The maximum Gasteiger partial charge on any atom is 0.315 e. The number of hydrogen-bond acceptors (Lipinski definition) is 2. The van der Waals surface area contributed by atoms with Gasteiger partial charge in [0.2, 0.25) is 0 Å². The van der Waals surface area contributed by atoms with E-state index in [2.05, 4.69) is 10.6 Å². The Morgan fingerprint density at radius 2 is 1.94 bits per heavy atom. The average molecular weight is 270 g/mol. The summed E-state index contributed by atoms with van der Waals surface area (Å²) in [5, 5.41) is 6.36. The van der Waals surface area contributed by atoms with Crippen LogP contribution in [0.5, 0.6) is 0 Å². The summed E-state index contributed by atoms with van der Waals surface area (Å²) in [6.07, 6.45) is 0.773. The van der Waals surface area contributed by atoms with Crippen molar-refractivity contribution in [1.82, 2.24) is 10.6 Å². The molecule has 0 aliphatic heterocycles. The Hall–Kier alpha value is -1.26. The van der Waals surface area contributed by atoms with Gasteiger partial charge in [0.1, 0.15) is 0 Å². The van der Waals surface area contributed by atoms with Gasteiger partial charge in [-0.05, 0) is 44.5 Å². The number of nitrogens with one attached hydrogen (secondary N) is 2. The number of amides is 2. The number of urea groups is 1. The van der Waals surface area contributed by atoms with E-state index in [1.165, 1.54) is 0 Å². The summed E-state index contributed by atoms with van der Waals surface area (Å²) in [4.78, 5) is 11.7. The molecule has 0 aliphatic carbocycles. The third-order valence-electron chi connectivity index (χ3n) is 2.66. The zero-order chi connectivity index (χ0) is 13.6. The lowest BCUT2D eigenvalue weighted by molar-refractivity contribution is 0.230. The van der Waals surface area contributed by atoms with Gasteiger partial charge in [0.15, 0.2) is 0 Å². The number of benzene rings is 1. The Labute approximate surface area is 113 Å². The van der Waals surface area contributed by atoms with Crippen LogP contribution in [0.15, 0.2) is 24.3 Å². The second-order valence-electron chi connectivity index (χ2n) is 4.66. The van der Waals surface area contributed by atoms with Gasteiger partial charge >= 0.3 is 6.03 Å². The molecule has 5 heteroatoms. The second-order valence-corrected chi connectivity index (χ2v) is 5.09. The zero-order valence-corrected chi connectivity index (χ0v) is 11.6. The van der Waals surface area contributed by atoms with Crippen molar-refractivity contribution in [3.8, 4) is 0 Å². The van der Waals surface area contributed by atoms with Crippen LogP contribution in [-0.2, 0) is 5.54 Å². The molecule has 0 unspecified atom stereocenters. The lowest BCUT2D eigenvalue weighted by atomic mass is 9.94. The number of hydrogen-bond donors (Lipinski definition) is 3. The molecule has 1 rings (SSSR count). The Bertz CT molecular complexity index is 390. The van der Waals surface area contributed by atoms with Gasteiger partial charge in [0.05, 0.1) is 5.54 Å². The summed E-state index contributed by atoms with van der Waals surface area (Å²) in [6, 6.07) is 7.24. The highest BCUT2D eigenvalue weighted by atomic mass is 35.5. The summed E-state index contributed by atoms with van der Waals surface area (Å²) < 4.78 is 0. The number of carbonyl (C=O) groups excluding carboxylic acids is 1. The van der Waals surface area contributed by atoms with Crippen molar-refractivity contribution in [3.05, 3.63) is 34.9 Å². The molecule has 2 amide bonds. The van der Waals surface area contributed by atoms with Gasteiger partial charge in [0, 0.05) is 11.6 Å². The van der Waals surface area contributed by atoms with Crippen molar-refractivity contribution < 1.29 is 4.79 Å². The molecule has 0 fully saturated rings.